The first kappa shape index (κ1) is 9.70. The van der Waals surface area contributed by atoms with Gasteiger partial charge in [-0.1, -0.05) is 0 Å². The first-order chi connectivity index (χ1) is 5.41. The maximum absolute atomic E-state index is 9.52. The predicted molar refractivity (Wildman–Crippen MR) is 52.8 cm³/mol. The molecule has 1 aromatic carbocycles. The molecular weight excluding hydrogens is 259 g/mol. The molecular formula is C9H14O2Sn. The molecule has 66 valence electrons. The van der Waals surface area contributed by atoms with Crippen LogP contribution in [0.3, 0.4) is 0 Å². The number of phenolic OH excluding ortho intramolecular Hbond substituents is 2. The van der Waals surface area contributed by atoms with E-state index in [4.69, 9.17) is 5.11 Å². The van der Waals surface area contributed by atoms with Crippen LogP contribution in [0.4, 0.5) is 0 Å². The van der Waals surface area contributed by atoms with Crippen LogP contribution in [-0.2, 0) is 0 Å². The maximum atomic E-state index is 9.52. The molecule has 2 N–H and O–H groups in total. The monoisotopic (exact) mass is 274 g/mol. The van der Waals surface area contributed by atoms with Crippen molar-refractivity contribution in [1.82, 2.24) is 0 Å². The van der Waals surface area contributed by atoms with Crippen LogP contribution in [0.5, 0.6) is 11.5 Å². The Labute approximate surface area is 76.7 Å². The van der Waals surface area contributed by atoms with Gasteiger partial charge in [-0.25, -0.2) is 0 Å². The van der Waals surface area contributed by atoms with Gasteiger partial charge >= 0.3 is 76.7 Å². The first-order valence-electron chi connectivity index (χ1n) is 3.94. The van der Waals surface area contributed by atoms with Crippen LogP contribution in [0.2, 0.25) is 14.8 Å². The summed E-state index contributed by atoms with van der Waals surface area (Å²) in [7, 11) is 0. The molecule has 0 radical (unpaired) electrons. The second-order valence-electron chi connectivity index (χ2n) is 3.95. The topological polar surface area (TPSA) is 40.5 Å². The molecule has 0 unspecified atom stereocenters. The summed E-state index contributed by atoms with van der Waals surface area (Å²) >= 11 is -2.17. The molecule has 12 heavy (non-hydrogen) atoms. The minimum absolute atomic E-state index is 0.131. The zero-order valence-electron chi connectivity index (χ0n) is 7.63. The van der Waals surface area contributed by atoms with E-state index in [-0.39, 0.29) is 11.5 Å². The third-order valence-electron chi connectivity index (χ3n) is 1.79. The molecule has 1 aromatic rings. The number of rotatable bonds is 1. The number of aromatic hydroxyl groups is 2. The summed E-state index contributed by atoms with van der Waals surface area (Å²) in [6.45, 7) is 0. The normalized spacial score (nSPS) is 11.6. The van der Waals surface area contributed by atoms with Crippen molar-refractivity contribution in [3.8, 4) is 11.5 Å². The van der Waals surface area contributed by atoms with Gasteiger partial charge in [0, 0.05) is 0 Å². The fourth-order valence-corrected chi connectivity index (χ4v) is 5.22. The molecule has 2 nitrogen and oxygen atoms in total. The van der Waals surface area contributed by atoms with E-state index in [1.54, 1.807) is 6.07 Å². The van der Waals surface area contributed by atoms with Gasteiger partial charge in [0.05, 0.1) is 0 Å². The van der Waals surface area contributed by atoms with Crippen molar-refractivity contribution in [2.75, 3.05) is 0 Å². The molecule has 0 heterocycles. The van der Waals surface area contributed by atoms with Crippen LogP contribution in [0, 0.1) is 0 Å². The number of hydrogen-bond acceptors (Lipinski definition) is 2. The number of phenols is 2. The van der Waals surface area contributed by atoms with E-state index >= 15 is 0 Å². The Morgan fingerprint density at radius 3 is 2.08 bits per heavy atom. The van der Waals surface area contributed by atoms with Crippen molar-refractivity contribution in [2.45, 2.75) is 14.8 Å². The molecule has 1 rings (SSSR count). The number of benzene rings is 1. The molecule has 0 spiro atoms. The van der Waals surface area contributed by atoms with E-state index in [2.05, 4.69) is 14.8 Å². The van der Waals surface area contributed by atoms with Gasteiger partial charge in [0.25, 0.3) is 0 Å². The van der Waals surface area contributed by atoms with E-state index in [1.165, 1.54) is 6.07 Å². The van der Waals surface area contributed by atoms with E-state index in [9.17, 15) is 5.11 Å². The second kappa shape index (κ2) is 3.16. The molecule has 0 aliphatic rings. The summed E-state index contributed by atoms with van der Waals surface area (Å²) in [6.07, 6.45) is 0. The Balaban J connectivity index is 3.19. The van der Waals surface area contributed by atoms with Crippen LogP contribution in [-0.4, -0.2) is 28.6 Å². The number of hydrogen-bond donors (Lipinski definition) is 2. The summed E-state index contributed by atoms with van der Waals surface area (Å²) in [6, 6.07) is 4.88. The standard InChI is InChI=1S/C6H5O2.3CH3.Sn/c7-5-2-1-3-6(8)4-5;;;;/h1-2,4,7-8H;3*1H3;. The molecule has 3 heteroatoms. The second-order valence-corrected chi connectivity index (χ2v) is 18.3. The third kappa shape index (κ3) is 2.06. The van der Waals surface area contributed by atoms with Gasteiger partial charge in [0.2, 0.25) is 0 Å². The van der Waals surface area contributed by atoms with Crippen molar-refractivity contribution >= 4 is 22.0 Å². The fraction of sp³-hybridized carbons (Fsp3) is 0.333. The summed E-state index contributed by atoms with van der Waals surface area (Å²) in [5.41, 5.74) is 0. The minimum atomic E-state index is -2.17. The van der Waals surface area contributed by atoms with Gasteiger partial charge < -0.3 is 0 Å². The Hall–Kier alpha value is -0.381. The van der Waals surface area contributed by atoms with E-state index in [1.807, 2.05) is 6.07 Å². The average Bonchev–Trinajstić information content (AvgIpc) is 1.83. The van der Waals surface area contributed by atoms with Gasteiger partial charge in [0.1, 0.15) is 0 Å². The van der Waals surface area contributed by atoms with Crippen molar-refractivity contribution in [1.29, 1.82) is 0 Å². The van der Waals surface area contributed by atoms with E-state index in [0.29, 0.717) is 0 Å². The Kier molecular flexibility index (Phi) is 2.56. The molecule has 0 saturated carbocycles. The molecule has 0 bridgehead atoms. The summed E-state index contributed by atoms with van der Waals surface area (Å²) < 4.78 is 1.06. The SMILES string of the molecule is [CH3][Sn]([CH3])([CH3])[c]1ccc(O)cc1O. The molecule has 0 amide bonds. The zero-order chi connectivity index (χ0) is 9.35. The molecule has 0 aromatic heterocycles. The van der Waals surface area contributed by atoms with Gasteiger partial charge in [-0.15, -0.1) is 0 Å². The van der Waals surface area contributed by atoms with Crippen molar-refractivity contribution in [2.24, 2.45) is 0 Å². The molecule has 0 aliphatic carbocycles. The van der Waals surface area contributed by atoms with Gasteiger partial charge in [0.15, 0.2) is 0 Å². The molecule has 0 atom stereocenters. The average molecular weight is 273 g/mol. The van der Waals surface area contributed by atoms with Gasteiger partial charge in [-0.3, -0.25) is 0 Å². The molecule has 0 aliphatic heterocycles. The third-order valence-corrected chi connectivity index (χ3v) is 7.61. The predicted octanol–water partition coefficient (Wildman–Crippen LogP) is 1.64. The van der Waals surface area contributed by atoms with Crippen molar-refractivity contribution < 1.29 is 10.2 Å². The van der Waals surface area contributed by atoms with Gasteiger partial charge in [-0.05, 0) is 0 Å². The van der Waals surface area contributed by atoms with Gasteiger partial charge in [-0.2, -0.15) is 0 Å². The van der Waals surface area contributed by atoms with Crippen LogP contribution in [0.25, 0.3) is 0 Å². The Morgan fingerprint density at radius 2 is 1.67 bits per heavy atom. The molecule has 0 fully saturated rings. The van der Waals surface area contributed by atoms with Crippen LogP contribution in [0.15, 0.2) is 18.2 Å². The summed E-state index contributed by atoms with van der Waals surface area (Å²) in [5.74, 6) is 0.380. The van der Waals surface area contributed by atoms with Crippen LogP contribution < -0.4 is 3.58 Å². The Bertz CT molecular complexity index is 289. The zero-order valence-corrected chi connectivity index (χ0v) is 10.5. The summed E-state index contributed by atoms with van der Waals surface area (Å²) in [5, 5.41) is 18.6. The quantitative estimate of drug-likeness (QED) is 0.764. The van der Waals surface area contributed by atoms with Crippen molar-refractivity contribution in [3.05, 3.63) is 18.2 Å². The fourth-order valence-electron chi connectivity index (χ4n) is 1.15. The van der Waals surface area contributed by atoms with E-state index in [0.717, 1.165) is 3.58 Å². The van der Waals surface area contributed by atoms with Crippen molar-refractivity contribution in [3.63, 3.8) is 0 Å². The first-order valence-corrected chi connectivity index (χ1v) is 13.9. The molecule has 0 saturated heterocycles. The Morgan fingerprint density at radius 1 is 1.08 bits per heavy atom. The van der Waals surface area contributed by atoms with Crippen LogP contribution >= 0.6 is 0 Å². The summed E-state index contributed by atoms with van der Waals surface area (Å²) in [4.78, 5) is 6.67. The van der Waals surface area contributed by atoms with E-state index < -0.39 is 18.4 Å². The van der Waals surface area contributed by atoms with Crippen LogP contribution in [0.1, 0.15) is 0 Å².